The lowest BCUT2D eigenvalue weighted by atomic mass is 9.83. The van der Waals surface area contributed by atoms with Crippen molar-refractivity contribution in [3.63, 3.8) is 0 Å². The summed E-state index contributed by atoms with van der Waals surface area (Å²) >= 11 is 0. The van der Waals surface area contributed by atoms with Crippen molar-refractivity contribution in [2.45, 2.75) is 43.7 Å². The lowest BCUT2D eigenvalue weighted by Crippen LogP contribution is -2.53. The van der Waals surface area contributed by atoms with E-state index in [-0.39, 0.29) is 11.5 Å². The highest BCUT2D eigenvalue weighted by Gasteiger charge is 2.43. The number of H-pyrrole nitrogens is 1. The second-order valence-electron chi connectivity index (χ2n) is 8.01. The molecule has 0 atom stereocenters. The van der Waals surface area contributed by atoms with Crippen LogP contribution in [0.3, 0.4) is 0 Å². The van der Waals surface area contributed by atoms with Gasteiger partial charge in [-0.05, 0) is 37.7 Å². The van der Waals surface area contributed by atoms with Crippen LogP contribution in [0.1, 0.15) is 47.4 Å². The lowest BCUT2D eigenvalue weighted by Gasteiger charge is -2.47. The minimum Gasteiger partial charge on any atom is -0.368 e. The molecule has 8 nitrogen and oxygen atoms in total. The van der Waals surface area contributed by atoms with E-state index in [2.05, 4.69) is 25.1 Å². The second-order valence-corrected chi connectivity index (χ2v) is 8.01. The summed E-state index contributed by atoms with van der Waals surface area (Å²) < 4.78 is 6.26. The molecule has 0 unspecified atom stereocenters. The molecule has 0 saturated carbocycles. The van der Waals surface area contributed by atoms with Crippen molar-refractivity contribution in [3.8, 4) is 0 Å². The average molecular weight is 382 g/mol. The molecule has 0 aliphatic carbocycles. The van der Waals surface area contributed by atoms with E-state index in [1.54, 1.807) is 18.6 Å². The molecule has 1 spiro atoms. The molecule has 28 heavy (non-hydrogen) atoms. The van der Waals surface area contributed by atoms with E-state index in [1.165, 1.54) is 11.3 Å². The molecule has 1 amide bonds. The summed E-state index contributed by atoms with van der Waals surface area (Å²) in [5, 5.41) is 7.44. The zero-order valence-electron chi connectivity index (χ0n) is 16.0. The first kappa shape index (κ1) is 17.8. The molecular weight excluding hydrogens is 356 g/mol. The Balaban J connectivity index is 1.18. The van der Waals surface area contributed by atoms with Gasteiger partial charge in [0.15, 0.2) is 0 Å². The summed E-state index contributed by atoms with van der Waals surface area (Å²) in [5.41, 5.74) is 2.77. The van der Waals surface area contributed by atoms with Crippen LogP contribution in [0, 0.1) is 0 Å². The summed E-state index contributed by atoms with van der Waals surface area (Å²) in [7, 11) is 0. The van der Waals surface area contributed by atoms with E-state index in [0.29, 0.717) is 11.7 Å². The Kier molecular flexibility index (Phi) is 4.60. The Morgan fingerprint density at radius 1 is 1.14 bits per heavy atom. The number of aromatic amines is 1. The third kappa shape index (κ3) is 3.10. The van der Waals surface area contributed by atoms with Crippen molar-refractivity contribution < 1.29 is 9.53 Å². The number of amides is 1. The highest BCUT2D eigenvalue weighted by Crippen LogP contribution is 2.41. The number of hydrogen-bond donors (Lipinski definition) is 1. The van der Waals surface area contributed by atoms with Crippen LogP contribution in [0.25, 0.3) is 0 Å². The van der Waals surface area contributed by atoms with Gasteiger partial charge in [-0.3, -0.25) is 14.9 Å². The third-order valence-corrected chi connectivity index (χ3v) is 6.58. The van der Waals surface area contributed by atoms with Crippen molar-refractivity contribution in [1.29, 1.82) is 0 Å². The fraction of sp³-hybridized carbons (Fsp3) is 0.600. The van der Waals surface area contributed by atoms with E-state index in [1.807, 2.05) is 11.1 Å². The van der Waals surface area contributed by atoms with Gasteiger partial charge in [-0.15, -0.1) is 0 Å². The molecule has 3 aliphatic heterocycles. The average Bonchev–Trinajstić information content (AvgIpc) is 3.25. The first-order valence-electron chi connectivity index (χ1n) is 10.2. The number of hydrogen-bond acceptors (Lipinski definition) is 6. The van der Waals surface area contributed by atoms with Crippen LogP contribution in [0.2, 0.25) is 0 Å². The van der Waals surface area contributed by atoms with E-state index >= 15 is 0 Å². The Morgan fingerprint density at radius 2 is 1.96 bits per heavy atom. The third-order valence-electron chi connectivity index (χ3n) is 6.58. The van der Waals surface area contributed by atoms with Crippen molar-refractivity contribution >= 4 is 5.91 Å². The SMILES string of the molecule is O=C(c1cnccn1)N1CCC(N2CCC3(CC2)OCCc2cn[nH]c23)CC1. The summed E-state index contributed by atoms with van der Waals surface area (Å²) in [6, 6.07) is 0.535. The summed E-state index contributed by atoms with van der Waals surface area (Å²) in [6.07, 6.45) is 11.6. The van der Waals surface area contributed by atoms with Gasteiger partial charge >= 0.3 is 0 Å². The summed E-state index contributed by atoms with van der Waals surface area (Å²) in [5.74, 6) is -0.00785. The van der Waals surface area contributed by atoms with Crippen molar-refractivity contribution in [2.24, 2.45) is 0 Å². The van der Waals surface area contributed by atoms with Crippen molar-refractivity contribution in [1.82, 2.24) is 30.0 Å². The first-order valence-corrected chi connectivity index (χ1v) is 10.2. The summed E-state index contributed by atoms with van der Waals surface area (Å²) in [4.78, 5) is 25.2. The number of nitrogens with one attached hydrogen (secondary N) is 1. The zero-order valence-corrected chi connectivity index (χ0v) is 16.0. The molecule has 5 heterocycles. The van der Waals surface area contributed by atoms with Gasteiger partial charge in [-0.1, -0.05) is 0 Å². The van der Waals surface area contributed by atoms with Gasteiger partial charge in [0.2, 0.25) is 0 Å². The first-order chi connectivity index (χ1) is 13.8. The number of fused-ring (bicyclic) bond motifs is 2. The number of carbonyl (C=O) groups is 1. The van der Waals surface area contributed by atoms with Gasteiger partial charge in [-0.2, -0.15) is 5.10 Å². The molecule has 0 bridgehead atoms. The van der Waals surface area contributed by atoms with Gasteiger partial charge in [0.05, 0.1) is 24.7 Å². The van der Waals surface area contributed by atoms with E-state index in [4.69, 9.17) is 4.74 Å². The Hall–Kier alpha value is -2.32. The molecule has 5 rings (SSSR count). The number of rotatable bonds is 2. The quantitative estimate of drug-likeness (QED) is 0.844. The molecule has 2 saturated heterocycles. The molecule has 3 aliphatic rings. The number of piperidine rings is 2. The minimum absolute atomic E-state index is 0.00785. The Bertz CT molecular complexity index is 822. The van der Waals surface area contributed by atoms with Crippen molar-refractivity contribution in [2.75, 3.05) is 32.8 Å². The molecule has 1 N–H and O–H groups in total. The maximum Gasteiger partial charge on any atom is 0.274 e. The molecule has 0 radical (unpaired) electrons. The normalized spacial score (nSPS) is 22.9. The molecule has 2 aromatic heterocycles. The van der Waals surface area contributed by atoms with Gasteiger partial charge in [0, 0.05) is 44.6 Å². The lowest BCUT2D eigenvalue weighted by molar-refractivity contribution is -0.107. The van der Waals surface area contributed by atoms with Gasteiger partial charge < -0.3 is 14.5 Å². The predicted molar refractivity (Wildman–Crippen MR) is 102 cm³/mol. The van der Waals surface area contributed by atoms with Gasteiger partial charge in [0.1, 0.15) is 11.3 Å². The highest BCUT2D eigenvalue weighted by molar-refractivity contribution is 5.92. The van der Waals surface area contributed by atoms with Crippen molar-refractivity contribution in [3.05, 3.63) is 41.7 Å². The van der Waals surface area contributed by atoms with Crippen LogP contribution >= 0.6 is 0 Å². The molecule has 2 aromatic rings. The standard InChI is InChI=1S/C20H26N6O2/c27-19(17-14-21-6-7-22-17)26-8-1-16(2-9-26)25-10-4-20(5-11-25)18-15(3-12-28-20)13-23-24-18/h6-7,13-14,16H,1-5,8-12H2,(H,23,24). The minimum atomic E-state index is -0.177. The van der Waals surface area contributed by atoms with E-state index in [0.717, 1.165) is 64.9 Å². The predicted octanol–water partition coefficient (Wildman–Crippen LogP) is 1.37. The maximum absolute atomic E-state index is 12.6. The topological polar surface area (TPSA) is 87.2 Å². The zero-order chi connectivity index (χ0) is 19.0. The van der Waals surface area contributed by atoms with Crippen LogP contribution in [0.5, 0.6) is 0 Å². The Labute approximate surface area is 164 Å². The highest BCUT2D eigenvalue weighted by atomic mass is 16.5. The number of aromatic nitrogens is 4. The fourth-order valence-electron chi connectivity index (χ4n) is 4.97. The molecule has 148 valence electrons. The largest absolute Gasteiger partial charge is 0.368 e. The number of carbonyl (C=O) groups excluding carboxylic acids is 1. The number of likely N-dealkylation sites (tertiary alicyclic amines) is 2. The summed E-state index contributed by atoms with van der Waals surface area (Å²) in [6.45, 7) is 4.41. The fourth-order valence-corrected chi connectivity index (χ4v) is 4.97. The van der Waals surface area contributed by atoms with Crippen LogP contribution in [-0.4, -0.2) is 74.7 Å². The smallest absolute Gasteiger partial charge is 0.274 e. The molecule has 2 fully saturated rings. The Morgan fingerprint density at radius 3 is 2.71 bits per heavy atom. The van der Waals surface area contributed by atoms with Gasteiger partial charge in [-0.25, -0.2) is 4.98 Å². The van der Waals surface area contributed by atoms with E-state index < -0.39 is 0 Å². The van der Waals surface area contributed by atoms with Crippen LogP contribution in [-0.2, 0) is 16.8 Å². The van der Waals surface area contributed by atoms with Crippen LogP contribution in [0.15, 0.2) is 24.8 Å². The second kappa shape index (κ2) is 7.25. The molecule has 0 aromatic carbocycles. The maximum atomic E-state index is 12.6. The monoisotopic (exact) mass is 382 g/mol. The molecule has 8 heteroatoms. The molecular formula is C20H26N6O2. The van der Waals surface area contributed by atoms with E-state index in [9.17, 15) is 4.79 Å². The number of ether oxygens (including phenoxy) is 1. The van der Waals surface area contributed by atoms with Gasteiger partial charge in [0.25, 0.3) is 5.91 Å². The van der Waals surface area contributed by atoms with Crippen LogP contribution in [0.4, 0.5) is 0 Å². The van der Waals surface area contributed by atoms with Crippen LogP contribution < -0.4 is 0 Å². The number of nitrogens with zero attached hydrogens (tertiary/aromatic N) is 5.